The molecule has 142 valence electrons. The van der Waals surface area contributed by atoms with Crippen molar-refractivity contribution in [2.45, 2.75) is 47.9 Å². The highest BCUT2D eigenvalue weighted by atomic mass is 32.2. The fourth-order valence-corrected chi connectivity index (χ4v) is 6.39. The van der Waals surface area contributed by atoms with Crippen LogP contribution in [0.15, 0.2) is 45.5 Å². The van der Waals surface area contributed by atoms with E-state index < -0.39 is 0 Å². The summed E-state index contributed by atoms with van der Waals surface area (Å²) >= 11 is 3.04. The molecule has 2 bridgehead atoms. The van der Waals surface area contributed by atoms with E-state index in [0.29, 0.717) is 12.0 Å². The molecular formula is C21H24N2O2S2. The summed E-state index contributed by atoms with van der Waals surface area (Å²) < 4.78 is 1.02. The summed E-state index contributed by atoms with van der Waals surface area (Å²) in [5.41, 5.74) is 0.725. The highest BCUT2D eigenvalue weighted by Gasteiger charge is 2.40. The van der Waals surface area contributed by atoms with Gasteiger partial charge in [-0.1, -0.05) is 30.0 Å². The molecule has 27 heavy (non-hydrogen) atoms. The maximum Gasteiger partial charge on any atom is 0.261 e. The van der Waals surface area contributed by atoms with Crippen LogP contribution in [0.1, 0.15) is 46.7 Å². The molecule has 4 nitrogen and oxygen atoms in total. The van der Waals surface area contributed by atoms with Crippen molar-refractivity contribution in [1.82, 2.24) is 10.2 Å². The lowest BCUT2D eigenvalue weighted by atomic mass is 9.79. The van der Waals surface area contributed by atoms with Crippen LogP contribution in [0.25, 0.3) is 0 Å². The van der Waals surface area contributed by atoms with Gasteiger partial charge in [-0.05, 0) is 63.9 Å². The number of piperidine rings is 3. The zero-order valence-corrected chi connectivity index (χ0v) is 17.2. The van der Waals surface area contributed by atoms with Gasteiger partial charge in [0.05, 0.1) is 9.09 Å². The fourth-order valence-electron chi connectivity index (χ4n) is 4.22. The smallest absolute Gasteiger partial charge is 0.261 e. The monoisotopic (exact) mass is 400 g/mol. The van der Waals surface area contributed by atoms with Gasteiger partial charge in [0.2, 0.25) is 0 Å². The second kappa shape index (κ2) is 7.78. The molecule has 1 N–H and O–H groups in total. The Balaban J connectivity index is 1.45. The molecule has 0 aliphatic carbocycles. The number of fused-ring (bicyclic) bond motifs is 3. The largest absolute Gasteiger partial charge is 0.347 e. The van der Waals surface area contributed by atoms with E-state index >= 15 is 0 Å². The molecule has 3 saturated heterocycles. The first kappa shape index (κ1) is 18.7. The summed E-state index contributed by atoms with van der Waals surface area (Å²) in [4.78, 5) is 28.8. The van der Waals surface area contributed by atoms with Gasteiger partial charge in [0.1, 0.15) is 0 Å². The Bertz CT molecular complexity index is 853. The number of benzene rings is 1. The Morgan fingerprint density at radius 3 is 2.59 bits per heavy atom. The van der Waals surface area contributed by atoms with Crippen LogP contribution < -0.4 is 5.32 Å². The Hall–Kier alpha value is -1.63. The van der Waals surface area contributed by atoms with Crippen molar-refractivity contribution in [3.8, 4) is 0 Å². The Morgan fingerprint density at radius 2 is 1.89 bits per heavy atom. The Labute approximate surface area is 168 Å². The first-order valence-electron chi connectivity index (χ1n) is 9.45. The van der Waals surface area contributed by atoms with Crippen molar-refractivity contribution in [2.75, 3.05) is 13.1 Å². The molecule has 1 aromatic heterocycles. The number of nitrogens with one attached hydrogen (secondary N) is 1. The minimum Gasteiger partial charge on any atom is -0.347 e. The number of nitrogens with zero attached hydrogens (tertiary/aromatic N) is 1. The van der Waals surface area contributed by atoms with Crippen LogP contribution in [0.4, 0.5) is 0 Å². The third-order valence-electron chi connectivity index (χ3n) is 5.76. The summed E-state index contributed by atoms with van der Waals surface area (Å²) in [5.74, 6) is 0.687. The summed E-state index contributed by atoms with van der Waals surface area (Å²) in [6, 6.07) is 12.1. The molecule has 3 aliphatic heterocycles. The lowest BCUT2D eigenvalue weighted by molar-refractivity contribution is 0.0218. The molecule has 5 rings (SSSR count). The molecule has 3 fully saturated rings. The SMILES string of the molecule is CC(=O)c1ccccc1Sc1ccc(C(=O)NC2C3CCN(CC3)C2C)s1. The quantitative estimate of drug-likeness (QED) is 0.760. The molecule has 2 atom stereocenters. The molecule has 4 heterocycles. The molecule has 0 radical (unpaired) electrons. The van der Waals surface area contributed by atoms with Gasteiger partial charge in [0.25, 0.3) is 5.91 Å². The third kappa shape index (κ3) is 3.84. The van der Waals surface area contributed by atoms with Crippen molar-refractivity contribution in [2.24, 2.45) is 5.92 Å². The van der Waals surface area contributed by atoms with E-state index in [1.807, 2.05) is 36.4 Å². The lowest BCUT2D eigenvalue weighted by Gasteiger charge is -2.49. The van der Waals surface area contributed by atoms with E-state index in [4.69, 9.17) is 0 Å². The van der Waals surface area contributed by atoms with E-state index in [-0.39, 0.29) is 17.7 Å². The summed E-state index contributed by atoms with van der Waals surface area (Å²) in [6.45, 7) is 6.13. The molecule has 3 aliphatic rings. The van der Waals surface area contributed by atoms with Gasteiger partial charge in [0, 0.05) is 22.5 Å². The van der Waals surface area contributed by atoms with Crippen molar-refractivity contribution in [1.29, 1.82) is 0 Å². The zero-order chi connectivity index (χ0) is 19.0. The van der Waals surface area contributed by atoms with Gasteiger partial charge < -0.3 is 5.32 Å². The number of hydrogen-bond donors (Lipinski definition) is 1. The maximum atomic E-state index is 12.8. The predicted molar refractivity (Wildman–Crippen MR) is 110 cm³/mol. The summed E-state index contributed by atoms with van der Waals surface area (Å²) in [5, 5.41) is 3.29. The van der Waals surface area contributed by atoms with Gasteiger partial charge in [-0.2, -0.15) is 0 Å². The van der Waals surface area contributed by atoms with E-state index in [0.717, 1.165) is 32.6 Å². The number of rotatable bonds is 5. The van der Waals surface area contributed by atoms with Crippen molar-refractivity contribution in [3.05, 3.63) is 46.8 Å². The minimum atomic E-state index is 0.0253. The first-order valence-corrected chi connectivity index (χ1v) is 11.1. The second-order valence-electron chi connectivity index (χ2n) is 7.39. The molecule has 0 saturated carbocycles. The lowest BCUT2D eigenvalue weighted by Crippen LogP contribution is -2.62. The highest BCUT2D eigenvalue weighted by molar-refractivity contribution is 8.01. The molecule has 1 aromatic carbocycles. The zero-order valence-electron chi connectivity index (χ0n) is 15.6. The summed E-state index contributed by atoms with van der Waals surface area (Å²) in [7, 11) is 0. The Morgan fingerprint density at radius 1 is 1.15 bits per heavy atom. The van der Waals surface area contributed by atoms with Crippen LogP contribution in [-0.4, -0.2) is 41.8 Å². The summed E-state index contributed by atoms with van der Waals surface area (Å²) in [6.07, 6.45) is 2.37. The third-order valence-corrected chi connectivity index (χ3v) is 8.05. The topological polar surface area (TPSA) is 49.4 Å². The second-order valence-corrected chi connectivity index (χ2v) is 9.81. The van der Waals surface area contributed by atoms with E-state index in [9.17, 15) is 9.59 Å². The number of carbonyl (C=O) groups is 2. The normalized spacial score (nSPS) is 26.7. The van der Waals surface area contributed by atoms with Crippen LogP contribution in [0.5, 0.6) is 0 Å². The predicted octanol–water partition coefficient (Wildman–Crippen LogP) is 4.31. The average molecular weight is 401 g/mol. The van der Waals surface area contributed by atoms with E-state index in [2.05, 4.69) is 17.1 Å². The van der Waals surface area contributed by atoms with Gasteiger partial charge in [-0.3, -0.25) is 14.5 Å². The van der Waals surface area contributed by atoms with Crippen LogP contribution in [0, 0.1) is 5.92 Å². The van der Waals surface area contributed by atoms with Crippen LogP contribution in [0.2, 0.25) is 0 Å². The molecule has 6 heteroatoms. The van der Waals surface area contributed by atoms with Crippen LogP contribution >= 0.6 is 23.1 Å². The number of Topliss-reactive ketones (excluding diaryl/α,β-unsaturated/α-hetero) is 1. The average Bonchev–Trinajstić information content (AvgIpc) is 3.14. The molecule has 2 unspecified atom stereocenters. The van der Waals surface area contributed by atoms with Crippen molar-refractivity contribution in [3.63, 3.8) is 0 Å². The number of thiophene rings is 1. The minimum absolute atomic E-state index is 0.0253. The fraction of sp³-hybridized carbons (Fsp3) is 0.429. The van der Waals surface area contributed by atoms with Crippen molar-refractivity contribution >= 4 is 34.8 Å². The van der Waals surface area contributed by atoms with E-state index in [1.54, 1.807) is 18.7 Å². The van der Waals surface area contributed by atoms with Crippen LogP contribution in [0.3, 0.4) is 0 Å². The maximum absolute atomic E-state index is 12.8. The Kier molecular flexibility index (Phi) is 5.39. The molecule has 0 spiro atoms. The molecule has 2 aromatic rings. The van der Waals surface area contributed by atoms with Crippen LogP contribution in [-0.2, 0) is 0 Å². The van der Waals surface area contributed by atoms with Gasteiger partial charge in [-0.15, -0.1) is 11.3 Å². The van der Waals surface area contributed by atoms with Gasteiger partial charge in [-0.25, -0.2) is 0 Å². The van der Waals surface area contributed by atoms with Gasteiger partial charge >= 0.3 is 0 Å². The number of hydrogen-bond acceptors (Lipinski definition) is 5. The molecular weight excluding hydrogens is 376 g/mol. The number of carbonyl (C=O) groups excluding carboxylic acids is 2. The van der Waals surface area contributed by atoms with Crippen molar-refractivity contribution < 1.29 is 9.59 Å². The van der Waals surface area contributed by atoms with E-state index in [1.165, 1.54) is 24.2 Å². The molecule has 1 amide bonds. The highest BCUT2D eigenvalue weighted by Crippen LogP contribution is 2.36. The first-order chi connectivity index (χ1) is 13.0. The number of ketones is 1. The standard InChI is InChI=1S/C21H24N2O2S2/c1-13-20(15-9-11-23(13)12-10-15)22-21(25)18-7-8-19(27-18)26-17-6-4-3-5-16(17)14(2)24/h3-8,13,15,20H,9-12H2,1-2H3,(H,22,25). The van der Waals surface area contributed by atoms with Gasteiger partial charge in [0.15, 0.2) is 5.78 Å². The number of amides is 1.